The van der Waals surface area contributed by atoms with Gasteiger partial charge in [0.05, 0.1) is 17.4 Å². The van der Waals surface area contributed by atoms with Crippen LogP contribution in [0.25, 0.3) is 0 Å². The van der Waals surface area contributed by atoms with Crippen LogP contribution in [0.2, 0.25) is 5.02 Å². The van der Waals surface area contributed by atoms with E-state index in [1.165, 1.54) is 0 Å². The third-order valence-electron chi connectivity index (χ3n) is 2.91. The Balaban J connectivity index is 2.01. The summed E-state index contributed by atoms with van der Waals surface area (Å²) < 4.78 is 7.55. The Morgan fingerprint density at radius 3 is 2.85 bits per heavy atom. The molecule has 1 aromatic carbocycles. The largest absolute Gasteiger partial charge is 0.452 e. The molecule has 1 heterocycles. The lowest BCUT2D eigenvalue weighted by molar-refractivity contribution is 0.481. The molecule has 0 atom stereocenters. The molecule has 5 heteroatoms. The number of nitrogens with one attached hydrogen (secondary N) is 1. The Labute approximate surface area is 124 Å². The lowest BCUT2D eigenvalue weighted by Crippen LogP contribution is -2.13. The molecule has 2 aromatic rings. The zero-order valence-corrected chi connectivity index (χ0v) is 12.7. The van der Waals surface area contributed by atoms with Crippen molar-refractivity contribution in [2.45, 2.75) is 33.4 Å². The van der Waals surface area contributed by atoms with Gasteiger partial charge in [0.1, 0.15) is 5.75 Å². The van der Waals surface area contributed by atoms with Crippen LogP contribution in [-0.4, -0.2) is 16.3 Å². The van der Waals surface area contributed by atoms with Crippen molar-refractivity contribution in [2.24, 2.45) is 0 Å². The third-order valence-corrected chi connectivity index (χ3v) is 3.21. The molecule has 2 rings (SSSR count). The second kappa shape index (κ2) is 7.31. The lowest BCUT2D eigenvalue weighted by atomic mass is 10.2. The molecule has 0 unspecified atom stereocenters. The van der Waals surface area contributed by atoms with E-state index in [2.05, 4.69) is 17.3 Å². The summed E-state index contributed by atoms with van der Waals surface area (Å²) in [4.78, 5) is 0. The average molecular weight is 294 g/mol. The highest BCUT2D eigenvalue weighted by Gasteiger charge is 2.06. The minimum absolute atomic E-state index is 0.616. The second-order valence-corrected chi connectivity index (χ2v) is 4.98. The Hall–Kier alpha value is -1.52. The smallest absolute Gasteiger partial charge is 0.165 e. The normalized spacial score (nSPS) is 10.8. The van der Waals surface area contributed by atoms with Crippen LogP contribution in [0.1, 0.15) is 25.8 Å². The van der Waals surface area contributed by atoms with Gasteiger partial charge in [-0.3, -0.25) is 4.68 Å². The number of hydrogen-bond acceptors (Lipinski definition) is 3. The van der Waals surface area contributed by atoms with Gasteiger partial charge in [-0.05, 0) is 37.6 Å². The van der Waals surface area contributed by atoms with Crippen molar-refractivity contribution in [3.63, 3.8) is 0 Å². The molecule has 0 saturated heterocycles. The van der Waals surface area contributed by atoms with Gasteiger partial charge in [0.2, 0.25) is 0 Å². The minimum atomic E-state index is 0.616. The summed E-state index contributed by atoms with van der Waals surface area (Å²) in [6, 6.07) is 5.85. The molecule has 0 aliphatic rings. The topological polar surface area (TPSA) is 39.1 Å². The van der Waals surface area contributed by atoms with Gasteiger partial charge >= 0.3 is 0 Å². The van der Waals surface area contributed by atoms with E-state index in [1.807, 2.05) is 36.0 Å². The number of nitrogens with zero attached hydrogens (tertiary/aromatic N) is 2. The maximum absolute atomic E-state index is 6.25. The van der Waals surface area contributed by atoms with E-state index in [4.69, 9.17) is 16.3 Å². The zero-order valence-electron chi connectivity index (χ0n) is 11.9. The highest BCUT2D eigenvalue weighted by molar-refractivity contribution is 6.32. The van der Waals surface area contributed by atoms with Gasteiger partial charge < -0.3 is 10.1 Å². The van der Waals surface area contributed by atoms with Crippen molar-refractivity contribution in [3.8, 4) is 11.5 Å². The van der Waals surface area contributed by atoms with Crippen LogP contribution in [0.5, 0.6) is 11.5 Å². The van der Waals surface area contributed by atoms with E-state index < -0.39 is 0 Å². The Kier molecular flexibility index (Phi) is 5.44. The maximum Gasteiger partial charge on any atom is 0.165 e. The van der Waals surface area contributed by atoms with Gasteiger partial charge in [0.25, 0.3) is 0 Å². The quantitative estimate of drug-likeness (QED) is 0.788. The Bertz CT molecular complexity index is 554. The molecule has 1 aromatic heterocycles. The average Bonchev–Trinajstić information content (AvgIpc) is 2.90. The van der Waals surface area contributed by atoms with Crippen LogP contribution in [-0.2, 0) is 13.1 Å². The number of aromatic nitrogens is 2. The standard InChI is InChI=1S/C15H20ClN3O/c1-3-7-17-9-12-5-6-15(14(16)8-12)20-13-10-18-19(4-2)11-13/h5-6,8,10-11,17H,3-4,7,9H2,1-2H3. The summed E-state index contributed by atoms with van der Waals surface area (Å²) in [5.41, 5.74) is 1.15. The van der Waals surface area contributed by atoms with E-state index in [1.54, 1.807) is 6.20 Å². The Morgan fingerprint density at radius 2 is 2.20 bits per heavy atom. The fourth-order valence-corrected chi connectivity index (χ4v) is 2.09. The van der Waals surface area contributed by atoms with Crippen molar-refractivity contribution in [2.75, 3.05) is 6.54 Å². The van der Waals surface area contributed by atoms with Crippen LogP contribution < -0.4 is 10.1 Å². The Morgan fingerprint density at radius 1 is 1.35 bits per heavy atom. The van der Waals surface area contributed by atoms with E-state index in [9.17, 15) is 0 Å². The fraction of sp³-hybridized carbons (Fsp3) is 0.400. The molecular formula is C15H20ClN3O. The molecule has 0 fully saturated rings. The number of halogens is 1. The van der Waals surface area contributed by atoms with Gasteiger partial charge in [-0.1, -0.05) is 24.6 Å². The van der Waals surface area contributed by atoms with Crippen LogP contribution in [0, 0.1) is 0 Å². The molecule has 0 aliphatic carbocycles. The molecule has 0 aliphatic heterocycles. The SMILES string of the molecule is CCCNCc1ccc(Oc2cnn(CC)c2)c(Cl)c1. The lowest BCUT2D eigenvalue weighted by Gasteiger charge is -2.08. The molecule has 108 valence electrons. The van der Waals surface area contributed by atoms with Gasteiger partial charge in [0, 0.05) is 13.1 Å². The second-order valence-electron chi connectivity index (χ2n) is 4.58. The van der Waals surface area contributed by atoms with Crippen LogP contribution in [0.4, 0.5) is 0 Å². The number of benzene rings is 1. The third kappa shape index (κ3) is 3.99. The van der Waals surface area contributed by atoms with E-state index in [-0.39, 0.29) is 0 Å². The van der Waals surface area contributed by atoms with Crippen molar-refractivity contribution in [1.29, 1.82) is 0 Å². The van der Waals surface area contributed by atoms with Gasteiger partial charge in [0.15, 0.2) is 5.75 Å². The highest BCUT2D eigenvalue weighted by Crippen LogP contribution is 2.29. The van der Waals surface area contributed by atoms with Crippen molar-refractivity contribution >= 4 is 11.6 Å². The first kappa shape index (κ1) is 14.9. The highest BCUT2D eigenvalue weighted by atomic mass is 35.5. The first-order valence-corrected chi connectivity index (χ1v) is 7.30. The van der Waals surface area contributed by atoms with Crippen molar-refractivity contribution in [3.05, 3.63) is 41.2 Å². The molecular weight excluding hydrogens is 274 g/mol. The monoisotopic (exact) mass is 293 g/mol. The summed E-state index contributed by atoms with van der Waals surface area (Å²) in [6.07, 6.45) is 4.67. The number of hydrogen-bond donors (Lipinski definition) is 1. The molecule has 20 heavy (non-hydrogen) atoms. The molecule has 0 amide bonds. The predicted octanol–water partition coefficient (Wildman–Crippen LogP) is 3.85. The molecule has 0 radical (unpaired) electrons. The van der Waals surface area contributed by atoms with E-state index in [0.717, 1.165) is 31.6 Å². The van der Waals surface area contributed by atoms with E-state index in [0.29, 0.717) is 16.5 Å². The van der Waals surface area contributed by atoms with Crippen LogP contribution >= 0.6 is 11.6 Å². The molecule has 1 N–H and O–H groups in total. The first-order chi connectivity index (χ1) is 9.72. The number of rotatable bonds is 7. The maximum atomic E-state index is 6.25. The van der Waals surface area contributed by atoms with Crippen molar-refractivity contribution < 1.29 is 4.74 Å². The summed E-state index contributed by atoms with van der Waals surface area (Å²) in [5, 5.41) is 8.13. The summed E-state index contributed by atoms with van der Waals surface area (Å²) in [7, 11) is 0. The molecule has 0 saturated carbocycles. The summed E-state index contributed by atoms with van der Waals surface area (Å²) >= 11 is 6.25. The molecule has 4 nitrogen and oxygen atoms in total. The number of ether oxygens (including phenoxy) is 1. The summed E-state index contributed by atoms with van der Waals surface area (Å²) in [5.74, 6) is 1.35. The molecule has 0 spiro atoms. The number of aryl methyl sites for hydroxylation is 1. The summed E-state index contributed by atoms with van der Waals surface area (Å²) in [6.45, 7) is 6.82. The molecule has 0 bridgehead atoms. The predicted molar refractivity (Wildman–Crippen MR) is 81.4 cm³/mol. The van der Waals surface area contributed by atoms with Gasteiger partial charge in [-0.15, -0.1) is 0 Å². The van der Waals surface area contributed by atoms with Crippen LogP contribution in [0.3, 0.4) is 0 Å². The van der Waals surface area contributed by atoms with Crippen LogP contribution in [0.15, 0.2) is 30.6 Å². The van der Waals surface area contributed by atoms with E-state index >= 15 is 0 Å². The first-order valence-electron chi connectivity index (χ1n) is 6.92. The van der Waals surface area contributed by atoms with Crippen molar-refractivity contribution in [1.82, 2.24) is 15.1 Å². The minimum Gasteiger partial charge on any atom is -0.452 e. The van der Waals surface area contributed by atoms with Gasteiger partial charge in [-0.25, -0.2) is 0 Å². The fourth-order valence-electron chi connectivity index (χ4n) is 1.84. The zero-order chi connectivity index (χ0) is 14.4. The van der Waals surface area contributed by atoms with Gasteiger partial charge in [-0.2, -0.15) is 5.10 Å².